The van der Waals surface area contributed by atoms with E-state index in [2.05, 4.69) is 78.5 Å². The normalized spacial score (nSPS) is 10.3. The number of amides is 1. The molecule has 4 rings (SSSR count). The molecule has 0 saturated heterocycles. The van der Waals surface area contributed by atoms with E-state index in [-0.39, 0.29) is 0 Å². The van der Waals surface area contributed by atoms with Crippen molar-refractivity contribution in [3.05, 3.63) is 124 Å². The predicted octanol–water partition coefficient (Wildman–Crippen LogP) is 6.35. The molecule has 3 nitrogen and oxygen atoms in total. The zero-order valence-corrected chi connectivity index (χ0v) is 18.1. The van der Waals surface area contributed by atoms with Crippen molar-refractivity contribution < 1.29 is 4.79 Å². The summed E-state index contributed by atoms with van der Waals surface area (Å²) in [4.78, 5) is 15.9. The molecule has 32 heavy (non-hydrogen) atoms. The van der Waals surface area contributed by atoms with Gasteiger partial charge >= 0.3 is 6.07 Å². The third-order valence-corrected chi connectivity index (χ3v) is 5.40. The van der Waals surface area contributed by atoms with Crippen molar-refractivity contribution in [1.29, 1.82) is 0 Å². The molecule has 0 aliphatic heterocycles. The lowest BCUT2D eigenvalue weighted by molar-refractivity contribution is 0.100. The van der Waals surface area contributed by atoms with E-state index in [0.717, 1.165) is 23.1 Å². The molecule has 0 bridgehead atoms. The number of nitrogens with zero attached hydrogens (tertiary/aromatic N) is 1. The SMILES string of the molecule is Cc1ccc(-c2cccc(C#[N+]CCc3ccc(-c4cccc(C(N)=O)c4)cc3)c2)cc1. The molecular weight excluding hydrogens is 392 g/mol. The molecule has 0 radical (unpaired) electrons. The van der Waals surface area contributed by atoms with Crippen LogP contribution in [0.2, 0.25) is 0 Å². The number of rotatable bonds is 5. The van der Waals surface area contributed by atoms with Crippen molar-refractivity contribution in [2.75, 3.05) is 6.54 Å². The third kappa shape index (κ3) is 5.30. The highest BCUT2D eigenvalue weighted by Gasteiger charge is 2.05. The van der Waals surface area contributed by atoms with Crippen LogP contribution in [0.15, 0.2) is 97.1 Å². The highest BCUT2D eigenvalue weighted by atomic mass is 16.1. The second-order valence-electron chi connectivity index (χ2n) is 7.83. The molecule has 1 amide bonds. The van der Waals surface area contributed by atoms with E-state index in [1.807, 2.05) is 30.3 Å². The fraction of sp³-hybridized carbons (Fsp3) is 0.103. The largest absolute Gasteiger partial charge is 0.366 e. The van der Waals surface area contributed by atoms with Crippen molar-refractivity contribution in [2.45, 2.75) is 13.3 Å². The lowest BCUT2D eigenvalue weighted by Crippen LogP contribution is -2.10. The predicted molar refractivity (Wildman–Crippen MR) is 132 cm³/mol. The van der Waals surface area contributed by atoms with Gasteiger partial charge in [0.25, 0.3) is 6.54 Å². The number of benzene rings is 4. The second-order valence-corrected chi connectivity index (χ2v) is 7.83. The van der Waals surface area contributed by atoms with Crippen LogP contribution in [-0.4, -0.2) is 12.5 Å². The number of nitrogens with two attached hydrogens (primary N) is 1. The van der Waals surface area contributed by atoms with Gasteiger partial charge in [-0.15, -0.1) is 0 Å². The van der Waals surface area contributed by atoms with Crippen LogP contribution < -0.4 is 5.73 Å². The molecule has 0 saturated carbocycles. The summed E-state index contributed by atoms with van der Waals surface area (Å²) in [6.07, 6.45) is 0.840. The Morgan fingerprint density at radius 2 is 1.41 bits per heavy atom. The van der Waals surface area contributed by atoms with Crippen LogP contribution in [0.3, 0.4) is 0 Å². The van der Waals surface area contributed by atoms with Crippen molar-refractivity contribution in [2.24, 2.45) is 5.73 Å². The van der Waals surface area contributed by atoms with Crippen LogP contribution in [0.25, 0.3) is 27.1 Å². The molecule has 3 heteroatoms. The Kier molecular flexibility index (Phi) is 6.43. The van der Waals surface area contributed by atoms with E-state index < -0.39 is 5.91 Å². The minimum absolute atomic E-state index is 0.415. The lowest BCUT2D eigenvalue weighted by atomic mass is 10.0. The molecular formula is C29H25N2O+. The summed E-state index contributed by atoms with van der Waals surface area (Å²) in [6.45, 7) is 2.76. The Bertz CT molecular complexity index is 1290. The maximum Gasteiger partial charge on any atom is 0.311 e. The quantitative estimate of drug-likeness (QED) is 0.404. The van der Waals surface area contributed by atoms with E-state index in [0.29, 0.717) is 12.1 Å². The highest BCUT2D eigenvalue weighted by Crippen LogP contribution is 2.22. The van der Waals surface area contributed by atoms with E-state index >= 15 is 0 Å². The molecule has 0 unspecified atom stereocenters. The summed E-state index contributed by atoms with van der Waals surface area (Å²) in [6, 6.07) is 35.7. The van der Waals surface area contributed by atoms with Crippen LogP contribution >= 0.6 is 0 Å². The summed E-state index contributed by atoms with van der Waals surface area (Å²) in [5.41, 5.74) is 13.7. The van der Waals surface area contributed by atoms with Crippen molar-refractivity contribution >= 4 is 5.91 Å². The van der Waals surface area contributed by atoms with Gasteiger partial charge in [0.05, 0.1) is 0 Å². The molecule has 156 valence electrons. The Morgan fingerprint density at radius 1 is 0.781 bits per heavy atom. The smallest absolute Gasteiger partial charge is 0.311 e. The monoisotopic (exact) mass is 417 g/mol. The van der Waals surface area contributed by atoms with E-state index in [4.69, 9.17) is 5.73 Å². The van der Waals surface area contributed by atoms with Gasteiger partial charge in [0.2, 0.25) is 5.91 Å². The van der Waals surface area contributed by atoms with Crippen molar-refractivity contribution in [1.82, 2.24) is 0 Å². The standard InChI is InChI=1S/C29H24N2O/c1-21-8-12-24(13-9-21)26-5-2-4-23(18-26)20-31-17-16-22-10-14-25(15-11-22)27-6-3-7-28(19-27)29(30)32/h2-15,18-19H,16-17H2,1H3,(H-,30,32)/p+1. The van der Waals surface area contributed by atoms with Gasteiger partial charge < -0.3 is 5.73 Å². The maximum absolute atomic E-state index is 11.4. The molecule has 0 aliphatic carbocycles. The number of aryl methyl sites for hydroxylation is 1. The van der Waals surface area contributed by atoms with Crippen LogP contribution in [-0.2, 0) is 6.42 Å². The number of carbonyl (C=O) groups is 1. The van der Waals surface area contributed by atoms with Gasteiger partial charge in [0.1, 0.15) is 5.56 Å². The first-order valence-electron chi connectivity index (χ1n) is 10.7. The molecule has 0 aliphatic rings. The molecule has 0 aromatic heterocycles. The number of carbonyl (C=O) groups excluding carboxylic acids is 1. The zero-order valence-electron chi connectivity index (χ0n) is 18.1. The lowest BCUT2D eigenvalue weighted by Gasteiger charge is -2.04. The summed E-state index contributed by atoms with van der Waals surface area (Å²) < 4.78 is 0. The first-order chi connectivity index (χ1) is 15.6. The Hall–Kier alpha value is -4.16. The summed E-state index contributed by atoms with van der Waals surface area (Å²) in [5, 5.41) is 0. The van der Waals surface area contributed by atoms with Crippen molar-refractivity contribution in [3.63, 3.8) is 0 Å². The molecule has 0 heterocycles. The van der Waals surface area contributed by atoms with Crippen molar-refractivity contribution in [3.8, 4) is 28.3 Å². The second kappa shape index (κ2) is 9.76. The fourth-order valence-corrected chi connectivity index (χ4v) is 3.56. The molecule has 0 atom stereocenters. The van der Waals surface area contributed by atoms with Crippen LogP contribution in [0.4, 0.5) is 0 Å². The van der Waals surface area contributed by atoms with Gasteiger partial charge in [0, 0.05) is 12.0 Å². The summed E-state index contributed by atoms with van der Waals surface area (Å²) in [5.74, 6) is -0.415. The first kappa shape index (κ1) is 21.1. The average Bonchev–Trinajstić information content (AvgIpc) is 2.83. The van der Waals surface area contributed by atoms with Gasteiger partial charge in [0.15, 0.2) is 0 Å². The Labute approximate surface area is 189 Å². The molecule has 4 aromatic rings. The first-order valence-corrected chi connectivity index (χ1v) is 10.7. The van der Waals surface area contributed by atoms with Gasteiger partial charge in [-0.25, -0.2) is 0 Å². The number of hydrogen-bond donors (Lipinski definition) is 1. The minimum atomic E-state index is -0.415. The van der Waals surface area contributed by atoms with E-state index in [9.17, 15) is 4.79 Å². The van der Waals surface area contributed by atoms with Gasteiger partial charge in [-0.05, 0) is 59.0 Å². The fourth-order valence-electron chi connectivity index (χ4n) is 3.56. The molecule has 0 fully saturated rings. The summed E-state index contributed by atoms with van der Waals surface area (Å²) >= 11 is 0. The van der Waals surface area contributed by atoms with Gasteiger partial charge in [-0.2, -0.15) is 0 Å². The Morgan fingerprint density at radius 3 is 2.09 bits per heavy atom. The van der Waals surface area contributed by atoms with Crippen LogP contribution in [0, 0.1) is 13.0 Å². The minimum Gasteiger partial charge on any atom is -0.366 e. The molecule has 2 N–H and O–H groups in total. The number of primary amides is 1. The average molecular weight is 418 g/mol. The molecule has 0 spiro atoms. The van der Waals surface area contributed by atoms with Gasteiger partial charge in [-0.3, -0.25) is 4.79 Å². The maximum atomic E-state index is 11.4. The zero-order chi connectivity index (χ0) is 22.3. The van der Waals surface area contributed by atoms with Crippen LogP contribution in [0.5, 0.6) is 0 Å². The topological polar surface area (TPSA) is 47.5 Å². The van der Waals surface area contributed by atoms with Gasteiger partial charge in [-0.1, -0.05) is 83.2 Å². The summed E-state index contributed by atoms with van der Waals surface area (Å²) in [7, 11) is 0. The van der Waals surface area contributed by atoms with E-state index in [1.54, 1.807) is 6.07 Å². The van der Waals surface area contributed by atoms with Crippen LogP contribution in [0.1, 0.15) is 27.0 Å². The third-order valence-electron chi connectivity index (χ3n) is 5.40. The number of hydrogen-bond acceptors (Lipinski definition) is 1. The highest BCUT2D eigenvalue weighted by molar-refractivity contribution is 5.94. The Balaban J connectivity index is 1.38. The molecule has 4 aromatic carbocycles. The van der Waals surface area contributed by atoms with E-state index in [1.165, 1.54) is 22.3 Å².